The SMILES string of the molecule is COC(=O)[C@]1(C)[C@H]2CC[C@]3(COC(=O)[C@@H]31)O2. The molecule has 0 unspecified atom stereocenters. The van der Waals surface area contributed by atoms with Crippen LogP contribution < -0.4 is 0 Å². The predicted molar refractivity (Wildman–Crippen MR) is 51.4 cm³/mol. The van der Waals surface area contributed by atoms with Crippen molar-refractivity contribution in [1.82, 2.24) is 0 Å². The highest BCUT2D eigenvalue weighted by molar-refractivity contribution is 5.89. The summed E-state index contributed by atoms with van der Waals surface area (Å²) in [5.74, 6) is -1.19. The smallest absolute Gasteiger partial charge is 0.315 e. The molecule has 4 atom stereocenters. The van der Waals surface area contributed by atoms with Gasteiger partial charge in [-0.1, -0.05) is 0 Å². The average Bonchev–Trinajstić information content (AvgIpc) is 2.90. The first-order chi connectivity index (χ1) is 7.54. The molecule has 0 aromatic heterocycles. The molecule has 3 rings (SSSR count). The molecule has 3 saturated heterocycles. The lowest BCUT2D eigenvalue weighted by Crippen LogP contribution is -2.49. The Morgan fingerprint density at radius 2 is 2.31 bits per heavy atom. The van der Waals surface area contributed by atoms with Crippen LogP contribution in [0.25, 0.3) is 0 Å². The number of hydrogen-bond acceptors (Lipinski definition) is 5. The minimum atomic E-state index is -0.874. The van der Waals surface area contributed by atoms with Gasteiger partial charge in [0, 0.05) is 0 Å². The van der Waals surface area contributed by atoms with Crippen molar-refractivity contribution in [3.05, 3.63) is 0 Å². The minimum absolute atomic E-state index is 0.210. The molecule has 0 aliphatic carbocycles. The molecule has 3 aliphatic heterocycles. The first-order valence-corrected chi connectivity index (χ1v) is 5.47. The van der Waals surface area contributed by atoms with Crippen molar-refractivity contribution in [2.75, 3.05) is 13.7 Å². The van der Waals surface area contributed by atoms with E-state index in [1.807, 2.05) is 0 Å². The molecule has 0 aromatic rings. The van der Waals surface area contributed by atoms with Crippen LogP contribution in [-0.2, 0) is 23.8 Å². The van der Waals surface area contributed by atoms with E-state index in [9.17, 15) is 9.59 Å². The summed E-state index contributed by atoms with van der Waals surface area (Å²) in [6.07, 6.45) is 1.37. The fourth-order valence-corrected chi connectivity index (χ4v) is 3.54. The third-order valence-corrected chi connectivity index (χ3v) is 4.32. The van der Waals surface area contributed by atoms with Gasteiger partial charge >= 0.3 is 11.9 Å². The third-order valence-electron chi connectivity index (χ3n) is 4.32. The highest BCUT2D eigenvalue weighted by Crippen LogP contribution is 2.61. The van der Waals surface area contributed by atoms with Crippen LogP contribution in [0.15, 0.2) is 0 Å². The molecule has 1 spiro atoms. The first kappa shape index (κ1) is 10.1. The van der Waals surface area contributed by atoms with Crippen LogP contribution >= 0.6 is 0 Å². The van der Waals surface area contributed by atoms with Crippen molar-refractivity contribution in [1.29, 1.82) is 0 Å². The van der Waals surface area contributed by atoms with Gasteiger partial charge in [-0.05, 0) is 19.8 Å². The number of hydrogen-bond donors (Lipinski definition) is 0. The van der Waals surface area contributed by atoms with E-state index in [1.165, 1.54) is 7.11 Å². The molecule has 88 valence electrons. The van der Waals surface area contributed by atoms with Crippen molar-refractivity contribution < 1.29 is 23.8 Å². The predicted octanol–water partition coefficient (Wildman–Crippen LogP) is 0.270. The standard InChI is InChI=1S/C11H14O5/c1-10(9(13)14-2)6-3-4-11(16-6)5-15-8(12)7(10)11/h6-7H,3-5H2,1-2H3/t6-,7-,10-,11-/m1/s1. The zero-order chi connectivity index (χ0) is 11.6. The fraction of sp³-hybridized carbons (Fsp3) is 0.818. The summed E-state index contributed by atoms with van der Waals surface area (Å²) < 4.78 is 15.7. The van der Waals surface area contributed by atoms with Crippen molar-refractivity contribution in [2.24, 2.45) is 11.3 Å². The number of methoxy groups -OCH3 is 1. The number of rotatable bonds is 1. The molecule has 16 heavy (non-hydrogen) atoms. The monoisotopic (exact) mass is 226 g/mol. The van der Waals surface area contributed by atoms with Gasteiger partial charge in [0.25, 0.3) is 0 Å². The summed E-state index contributed by atoms with van der Waals surface area (Å²) in [4.78, 5) is 23.7. The van der Waals surface area contributed by atoms with E-state index in [0.717, 1.165) is 12.8 Å². The van der Waals surface area contributed by atoms with Crippen LogP contribution in [0.1, 0.15) is 19.8 Å². The van der Waals surface area contributed by atoms with Gasteiger partial charge in [0.15, 0.2) is 0 Å². The van der Waals surface area contributed by atoms with E-state index in [4.69, 9.17) is 14.2 Å². The van der Waals surface area contributed by atoms with E-state index < -0.39 is 16.9 Å². The van der Waals surface area contributed by atoms with Crippen molar-refractivity contribution >= 4 is 11.9 Å². The Kier molecular flexibility index (Phi) is 1.74. The number of cyclic esters (lactones) is 1. The highest BCUT2D eigenvalue weighted by atomic mass is 16.6. The van der Waals surface area contributed by atoms with Gasteiger partial charge < -0.3 is 14.2 Å². The maximum atomic E-state index is 11.9. The van der Waals surface area contributed by atoms with Gasteiger partial charge in [-0.15, -0.1) is 0 Å². The summed E-state index contributed by atoms with van der Waals surface area (Å²) in [6.45, 7) is 2.03. The van der Waals surface area contributed by atoms with Crippen LogP contribution in [-0.4, -0.2) is 37.4 Å². The van der Waals surface area contributed by atoms with Gasteiger partial charge in [0.05, 0.1) is 13.2 Å². The molecule has 3 fully saturated rings. The second-order valence-electron chi connectivity index (χ2n) is 5.02. The maximum Gasteiger partial charge on any atom is 0.315 e. The molecule has 0 saturated carbocycles. The summed E-state index contributed by atoms with van der Waals surface area (Å²) in [7, 11) is 1.34. The fourth-order valence-electron chi connectivity index (χ4n) is 3.54. The summed E-state index contributed by atoms with van der Waals surface area (Å²) >= 11 is 0. The number of carbonyl (C=O) groups is 2. The van der Waals surface area contributed by atoms with Gasteiger partial charge in [-0.3, -0.25) is 9.59 Å². The molecular weight excluding hydrogens is 212 g/mol. The van der Waals surface area contributed by atoms with Crippen LogP contribution in [0.3, 0.4) is 0 Å². The lowest BCUT2D eigenvalue weighted by atomic mass is 9.63. The second kappa shape index (κ2) is 2.77. The summed E-state index contributed by atoms with van der Waals surface area (Å²) in [5.41, 5.74) is -1.44. The van der Waals surface area contributed by atoms with Gasteiger partial charge in [0.1, 0.15) is 23.5 Å². The molecule has 0 aromatic carbocycles. The van der Waals surface area contributed by atoms with Gasteiger partial charge in [-0.25, -0.2) is 0 Å². The Morgan fingerprint density at radius 3 is 3.00 bits per heavy atom. The van der Waals surface area contributed by atoms with Crippen LogP contribution in [0.5, 0.6) is 0 Å². The molecule has 0 amide bonds. The van der Waals surface area contributed by atoms with E-state index in [1.54, 1.807) is 6.92 Å². The molecular formula is C11H14O5. The van der Waals surface area contributed by atoms with Gasteiger partial charge in [-0.2, -0.15) is 0 Å². The van der Waals surface area contributed by atoms with E-state index >= 15 is 0 Å². The molecule has 0 N–H and O–H groups in total. The first-order valence-electron chi connectivity index (χ1n) is 5.47. The maximum absolute atomic E-state index is 11.9. The Balaban J connectivity index is 2.08. The quantitative estimate of drug-likeness (QED) is 0.600. The van der Waals surface area contributed by atoms with E-state index in [-0.39, 0.29) is 24.6 Å². The molecule has 0 radical (unpaired) electrons. The molecule has 3 aliphatic rings. The number of esters is 2. The zero-order valence-corrected chi connectivity index (χ0v) is 9.32. The van der Waals surface area contributed by atoms with E-state index in [0.29, 0.717) is 0 Å². The zero-order valence-electron chi connectivity index (χ0n) is 9.32. The topological polar surface area (TPSA) is 61.8 Å². The van der Waals surface area contributed by atoms with Crippen molar-refractivity contribution in [2.45, 2.75) is 31.5 Å². The van der Waals surface area contributed by atoms with Gasteiger partial charge in [0.2, 0.25) is 0 Å². The summed E-state index contributed by atoms with van der Waals surface area (Å²) in [5, 5.41) is 0. The minimum Gasteiger partial charge on any atom is -0.469 e. The lowest BCUT2D eigenvalue weighted by molar-refractivity contribution is -0.164. The largest absolute Gasteiger partial charge is 0.469 e. The molecule has 5 heteroatoms. The Hall–Kier alpha value is -1.10. The average molecular weight is 226 g/mol. The number of carbonyl (C=O) groups excluding carboxylic acids is 2. The number of fused-ring (bicyclic) bond motifs is 1. The lowest BCUT2D eigenvalue weighted by Gasteiger charge is -2.33. The Morgan fingerprint density at radius 1 is 1.56 bits per heavy atom. The van der Waals surface area contributed by atoms with Crippen LogP contribution in [0, 0.1) is 11.3 Å². The third kappa shape index (κ3) is 0.867. The Labute approximate surface area is 93.0 Å². The van der Waals surface area contributed by atoms with E-state index in [2.05, 4.69) is 0 Å². The Bertz CT molecular complexity index is 379. The van der Waals surface area contributed by atoms with Crippen LogP contribution in [0.4, 0.5) is 0 Å². The van der Waals surface area contributed by atoms with Crippen molar-refractivity contribution in [3.8, 4) is 0 Å². The molecule has 5 nitrogen and oxygen atoms in total. The second-order valence-corrected chi connectivity index (χ2v) is 5.02. The van der Waals surface area contributed by atoms with Crippen molar-refractivity contribution in [3.63, 3.8) is 0 Å². The van der Waals surface area contributed by atoms with Crippen LogP contribution in [0.2, 0.25) is 0 Å². The normalized spacial score (nSPS) is 49.0. The highest BCUT2D eigenvalue weighted by Gasteiger charge is 2.74. The molecule has 3 heterocycles. The summed E-state index contributed by atoms with van der Waals surface area (Å²) in [6, 6.07) is 0. The number of ether oxygens (including phenoxy) is 3. The molecule has 2 bridgehead atoms.